The van der Waals surface area contributed by atoms with Crippen LogP contribution in [0, 0.1) is 0 Å². The summed E-state index contributed by atoms with van der Waals surface area (Å²) >= 11 is 0. The van der Waals surface area contributed by atoms with Crippen LogP contribution in [-0.2, 0) is 0 Å². The normalized spacial score (nSPS) is 11.8. The number of para-hydroxylation sites is 4. The molecule has 22 rings (SSSR count). The minimum atomic E-state index is 0.452. The largest absolute Gasteiger partial charge is 0.292 e. The van der Waals surface area contributed by atoms with E-state index >= 15 is 0 Å². The molecule has 0 unspecified atom stereocenters. The van der Waals surface area contributed by atoms with E-state index in [1.165, 1.54) is 0 Å². The fraction of sp³-hybridized carbons (Fsp3) is 0. The third-order valence-corrected chi connectivity index (χ3v) is 21.4. The Kier molecular flexibility index (Phi) is 14.9. The maximum absolute atomic E-state index is 5.58. The zero-order chi connectivity index (χ0) is 73.7. The third kappa shape index (κ3) is 10.6. The van der Waals surface area contributed by atoms with Gasteiger partial charge in [0.25, 0.3) is 0 Å². The van der Waals surface area contributed by atoms with Gasteiger partial charge in [-0.25, -0.2) is 19.9 Å². The smallest absolute Gasteiger partial charge is 0.238 e. The van der Waals surface area contributed by atoms with Crippen LogP contribution in [0.2, 0.25) is 0 Å². The lowest BCUT2D eigenvalue weighted by Crippen LogP contribution is -2.09. The lowest BCUT2D eigenvalue weighted by atomic mass is 10.0. The summed E-state index contributed by atoms with van der Waals surface area (Å²) in [5.74, 6) is 5.51. The van der Waals surface area contributed by atoms with Crippen molar-refractivity contribution in [3.05, 3.63) is 364 Å². The van der Waals surface area contributed by atoms with E-state index in [0.717, 1.165) is 160 Å². The second-order valence-electron chi connectivity index (χ2n) is 27.9. The molecular weight excluding hydrogens is 1370 g/mol. The topological polar surface area (TPSA) is 149 Å². The van der Waals surface area contributed by atoms with Gasteiger partial charge in [0.1, 0.15) is 5.82 Å². The molecule has 0 bridgehead atoms. The van der Waals surface area contributed by atoms with Gasteiger partial charge in [-0.2, -0.15) is 29.9 Å². The highest BCUT2D eigenvalue weighted by atomic mass is 15.2. The molecule has 0 aliphatic heterocycles. The van der Waals surface area contributed by atoms with E-state index in [-0.39, 0.29) is 0 Å². The highest BCUT2D eigenvalue weighted by molar-refractivity contribution is 6.25. The van der Waals surface area contributed by atoms with Gasteiger partial charge in [-0.3, -0.25) is 18.3 Å². The van der Waals surface area contributed by atoms with Crippen LogP contribution in [0.1, 0.15) is 0 Å². The molecule has 0 aliphatic rings. The maximum atomic E-state index is 5.58. The second-order valence-corrected chi connectivity index (χ2v) is 27.9. The van der Waals surface area contributed by atoms with Crippen LogP contribution >= 0.6 is 0 Å². The number of aromatic nitrogens is 14. The van der Waals surface area contributed by atoms with E-state index in [1.807, 2.05) is 115 Å². The van der Waals surface area contributed by atoms with Crippen LogP contribution < -0.4 is 0 Å². The van der Waals surface area contributed by atoms with Crippen molar-refractivity contribution in [3.8, 4) is 126 Å². The molecule has 14 heteroatoms. The maximum Gasteiger partial charge on any atom is 0.238 e. The first-order valence-electron chi connectivity index (χ1n) is 37.3. The second kappa shape index (κ2) is 26.2. The molecule has 14 nitrogen and oxygen atoms in total. The molecule has 0 atom stereocenters. The number of hydrogen-bond donors (Lipinski definition) is 0. The minimum absolute atomic E-state index is 0.452. The van der Waals surface area contributed by atoms with Gasteiger partial charge in [-0.05, 0) is 70.8 Å². The molecule has 522 valence electrons. The molecular formula is C98H60N14. The van der Waals surface area contributed by atoms with Gasteiger partial charge in [0, 0.05) is 82.0 Å². The number of benzene rings is 14. The Balaban J connectivity index is 0.672. The van der Waals surface area contributed by atoms with Crippen molar-refractivity contribution >= 4 is 87.2 Å². The quantitative estimate of drug-likeness (QED) is 0.109. The van der Waals surface area contributed by atoms with Crippen LogP contribution in [0.5, 0.6) is 0 Å². The minimum Gasteiger partial charge on any atom is -0.292 e. The van der Waals surface area contributed by atoms with Gasteiger partial charge >= 0.3 is 0 Å². The summed E-state index contributed by atoms with van der Waals surface area (Å²) in [6.07, 6.45) is 0. The van der Waals surface area contributed by atoms with Crippen LogP contribution in [0.3, 0.4) is 0 Å². The number of nitrogens with zero attached hydrogens (tertiary/aromatic N) is 14. The molecule has 22 aromatic rings. The monoisotopic (exact) mass is 1430 g/mol. The molecule has 0 amide bonds. The first kappa shape index (κ1) is 63.7. The van der Waals surface area contributed by atoms with Crippen molar-refractivity contribution in [2.75, 3.05) is 0 Å². The zero-order valence-corrected chi connectivity index (χ0v) is 59.9. The van der Waals surface area contributed by atoms with Crippen molar-refractivity contribution in [2.45, 2.75) is 0 Å². The van der Waals surface area contributed by atoms with Gasteiger partial charge in [-0.15, -0.1) is 0 Å². The number of hydrogen-bond acceptors (Lipinski definition) is 10. The molecule has 8 heterocycles. The average molecular weight is 1430 g/mol. The van der Waals surface area contributed by atoms with E-state index < -0.39 is 0 Å². The first-order valence-corrected chi connectivity index (χ1v) is 37.3. The van der Waals surface area contributed by atoms with Crippen LogP contribution in [0.15, 0.2) is 364 Å². The van der Waals surface area contributed by atoms with E-state index in [1.54, 1.807) is 0 Å². The van der Waals surface area contributed by atoms with Crippen molar-refractivity contribution in [3.63, 3.8) is 0 Å². The van der Waals surface area contributed by atoms with Gasteiger partial charge in [0.15, 0.2) is 34.9 Å². The van der Waals surface area contributed by atoms with Gasteiger partial charge < -0.3 is 0 Å². The van der Waals surface area contributed by atoms with Crippen LogP contribution in [0.4, 0.5) is 0 Å². The molecule has 0 radical (unpaired) electrons. The average Bonchev–Trinajstić information content (AvgIpc) is 1.55. The van der Waals surface area contributed by atoms with E-state index in [4.69, 9.17) is 49.8 Å². The highest BCUT2D eigenvalue weighted by Crippen LogP contribution is 2.45. The summed E-state index contributed by atoms with van der Waals surface area (Å²) in [6, 6.07) is 126. The number of rotatable bonds is 13. The van der Waals surface area contributed by atoms with E-state index in [9.17, 15) is 0 Å². The van der Waals surface area contributed by atoms with Gasteiger partial charge in [0.05, 0.1) is 49.8 Å². The molecule has 8 aromatic heterocycles. The van der Waals surface area contributed by atoms with Crippen molar-refractivity contribution in [2.24, 2.45) is 0 Å². The fourth-order valence-corrected chi connectivity index (χ4v) is 16.2. The summed E-state index contributed by atoms with van der Waals surface area (Å²) in [4.78, 5) is 53.9. The molecule has 0 fully saturated rings. The lowest BCUT2D eigenvalue weighted by molar-refractivity contribution is 0.941. The Morgan fingerprint density at radius 3 is 0.768 bits per heavy atom. The molecule has 0 N–H and O–H groups in total. The first-order chi connectivity index (χ1) is 55.5. The molecule has 112 heavy (non-hydrogen) atoms. The summed E-state index contributed by atoms with van der Waals surface area (Å²) < 4.78 is 8.93. The zero-order valence-electron chi connectivity index (χ0n) is 59.9. The molecule has 0 spiro atoms. The molecule has 0 aliphatic carbocycles. The van der Waals surface area contributed by atoms with Crippen LogP contribution in [-0.4, -0.2) is 68.1 Å². The van der Waals surface area contributed by atoms with Crippen LogP contribution in [0.25, 0.3) is 213 Å². The Morgan fingerprint density at radius 1 is 0.152 bits per heavy atom. The summed E-state index contributed by atoms with van der Waals surface area (Å²) in [6.45, 7) is 0. The van der Waals surface area contributed by atoms with Crippen molar-refractivity contribution in [1.29, 1.82) is 0 Å². The number of pyridine rings is 1. The summed E-state index contributed by atoms with van der Waals surface area (Å²) in [7, 11) is 0. The summed E-state index contributed by atoms with van der Waals surface area (Å²) in [5, 5.41) is 8.42. The van der Waals surface area contributed by atoms with E-state index in [0.29, 0.717) is 52.8 Å². The molecule has 14 aromatic carbocycles. The SMILES string of the molecule is c1ccc(-c2cccc(-c3nc(-c4ccccc4)nc(-n4c5ccccc5c5ccc6c7ccccc7n(-c7nc(-c8ccccc8)nc(-c8cccc(-c9ccc(-c%10cccc(-n%11c%12ccccc%12c%12ccc%13c%14ccccc%14n(-c%14nc(-c%15ccccc%15)nc(-c%15ccccc%15)n%14)c%13c%12%11)n%10)cc9)c8)n7)c6c54)n3)c2)cc1. The predicted octanol–water partition coefficient (Wildman–Crippen LogP) is 23.0. The standard InChI is InChI=1S/C98H60N14/c1-6-27-61(28-7-1)68-37-24-39-70(59-68)94-101-92(66-33-12-4-13-34-66)105-97(107-94)111-83-48-22-18-43-74(83)78-57-58-79-75-44-19-23-49-84(75)112(89(79)88(78)111)98-106-93(67-35-14-5-15-36-67)102-95(108-98)71-40-25-38-69(60-71)62-51-53-63(54-52-62)80-45-26-50-85(99-80)109-81-46-20-16-41-72(81)76-55-56-77-73-42-17-21-47-82(73)110(87(77)86(76)109)96-103-90(64-29-8-2-9-30-64)100-91(104-96)65-31-10-3-11-32-65/h1-60H. The van der Waals surface area contributed by atoms with Crippen molar-refractivity contribution in [1.82, 2.24) is 68.1 Å². The van der Waals surface area contributed by atoms with E-state index in [2.05, 4.69) is 267 Å². The Labute approximate surface area is 640 Å². The predicted molar refractivity (Wildman–Crippen MR) is 451 cm³/mol. The fourth-order valence-electron chi connectivity index (χ4n) is 16.2. The van der Waals surface area contributed by atoms with Gasteiger partial charge in [-0.1, -0.05) is 315 Å². The Morgan fingerprint density at radius 2 is 0.411 bits per heavy atom. The third-order valence-electron chi connectivity index (χ3n) is 21.4. The van der Waals surface area contributed by atoms with Gasteiger partial charge in [0.2, 0.25) is 17.8 Å². The Hall–Kier alpha value is -15.5. The molecule has 0 saturated heterocycles. The lowest BCUT2D eigenvalue weighted by Gasteiger charge is -2.14. The Bertz CT molecular complexity index is 7420. The highest BCUT2D eigenvalue weighted by Gasteiger charge is 2.28. The summed E-state index contributed by atoms with van der Waals surface area (Å²) in [5.41, 5.74) is 18.7. The number of fused-ring (bicyclic) bond motifs is 14. The molecule has 0 saturated carbocycles. The van der Waals surface area contributed by atoms with Crippen molar-refractivity contribution < 1.29 is 0 Å².